The molecule has 0 saturated heterocycles. The predicted molar refractivity (Wildman–Crippen MR) is 107 cm³/mol. The number of hydrogen-bond donors (Lipinski definition) is 3. The number of fused-ring (bicyclic) bond motifs is 1. The zero-order valence-electron chi connectivity index (χ0n) is 15.8. The molecule has 4 rings (SSSR count). The van der Waals surface area contributed by atoms with Crippen molar-refractivity contribution < 1.29 is 23.4 Å². The van der Waals surface area contributed by atoms with Gasteiger partial charge in [-0.1, -0.05) is 17.7 Å². The van der Waals surface area contributed by atoms with Gasteiger partial charge in [-0.05, 0) is 43.9 Å². The number of carboxylic acid groups (broad SMARTS) is 1. The van der Waals surface area contributed by atoms with Crippen LogP contribution in [0.5, 0.6) is 6.01 Å². The van der Waals surface area contributed by atoms with Gasteiger partial charge in [-0.25, -0.2) is 13.8 Å². The lowest BCUT2D eigenvalue weighted by atomic mass is 9.87. The Morgan fingerprint density at radius 1 is 1.23 bits per heavy atom. The topological polar surface area (TPSA) is 100 Å². The molecular weight excluding hydrogens is 418 g/mol. The lowest BCUT2D eigenvalue weighted by molar-refractivity contribution is -0.143. The van der Waals surface area contributed by atoms with Crippen LogP contribution in [0.25, 0.3) is 11.2 Å². The summed E-state index contributed by atoms with van der Waals surface area (Å²) in [6, 6.07) is 5.53. The molecule has 2 heterocycles. The van der Waals surface area contributed by atoms with Crippen molar-refractivity contribution in [2.45, 2.75) is 38.3 Å². The van der Waals surface area contributed by atoms with Crippen molar-refractivity contribution in [3.63, 3.8) is 0 Å². The third-order valence-corrected chi connectivity index (χ3v) is 5.49. The number of carboxylic acids is 1. The first-order valence-electron chi connectivity index (χ1n) is 9.53. The van der Waals surface area contributed by atoms with Crippen molar-refractivity contribution in [3.05, 3.63) is 46.5 Å². The van der Waals surface area contributed by atoms with Crippen LogP contribution in [0, 0.1) is 17.6 Å². The second-order valence-electron chi connectivity index (χ2n) is 7.22. The fourth-order valence-electron chi connectivity index (χ4n) is 3.53. The minimum absolute atomic E-state index is 0.113. The Morgan fingerprint density at radius 3 is 2.60 bits per heavy atom. The Hall–Kier alpha value is -2.94. The first-order chi connectivity index (χ1) is 14.4. The number of nitrogens with one attached hydrogen (secondary N) is 2. The van der Waals surface area contributed by atoms with E-state index in [4.69, 9.17) is 21.4 Å². The molecule has 3 N–H and O–H groups in total. The number of aliphatic carboxylic acids is 1. The van der Waals surface area contributed by atoms with Crippen molar-refractivity contribution in [2.75, 3.05) is 5.32 Å². The normalized spacial score (nSPS) is 19.0. The van der Waals surface area contributed by atoms with Crippen LogP contribution in [0.15, 0.2) is 24.3 Å². The van der Waals surface area contributed by atoms with Gasteiger partial charge in [0, 0.05) is 12.1 Å². The molecule has 1 fully saturated rings. The summed E-state index contributed by atoms with van der Waals surface area (Å²) >= 11 is 6.24. The number of H-pyrrole nitrogens is 1. The van der Waals surface area contributed by atoms with E-state index in [2.05, 4.69) is 20.3 Å². The summed E-state index contributed by atoms with van der Waals surface area (Å²) in [6.07, 6.45) is 2.25. The second kappa shape index (κ2) is 8.43. The number of anilines is 1. The number of imidazole rings is 1. The highest BCUT2D eigenvalue weighted by atomic mass is 35.5. The van der Waals surface area contributed by atoms with Crippen molar-refractivity contribution in [1.82, 2.24) is 15.0 Å². The highest BCUT2D eigenvalue weighted by Crippen LogP contribution is 2.29. The molecule has 0 atom stereocenters. The zero-order valence-corrected chi connectivity index (χ0v) is 16.5. The lowest BCUT2D eigenvalue weighted by Crippen LogP contribution is -2.28. The largest absolute Gasteiger partial charge is 0.481 e. The van der Waals surface area contributed by atoms with E-state index in [0.29, 0.717) is 36.8 Å². The molecule has 158 valence electrons. The number of ether oxygens (including phenoxy) is 1. The van der Waals surface area contributed by atoms with Gasteiger partial charge in [-0.2, -0.15) is 4.98 Å². The molecule has 0 unspecified atom stereocenters. The van der Waals surface area contributed by atoms with Gasteiger partial charge in [0.25, 0.3) is 6.01 Å². The van der Waals surface area contributed by atoms with E-state index in [1.807, 2.05) is 0 Å². The molecule has 0 radical (unpaired) electrons. The first-order valence-corrected chi connectivity index (χ1v) is 9.91. The average molecular weight is 437 g/mol. The van der Waals surface area contributed by atoms with Crippen molar-refractivity contribution in [3.8, 4) is 6.01 Å². The van der Waals surface area contributed by atoms with E-state index in [0.717, 1.165) is 0 Å². The van der Waals surface area contributed by atoms with Gasteiger partial charge in [0.15, 0.2) is 5.65 Å². The Morgan fingerprint density at radius 2 is 1.93 bits per heavy atom. The number of hydrogen-bond acceptors (Lipinski definition) is 5. The van der Waals surface area contributed by atoms with Crippen molar-refractivity contribution in [2.24, 2.45) is 5.92 Å². The van der Waals surface area contributed by atoms with Crippen molar-refractivity contribution in [1.29, 1.82) is 0 Å². The number of nitrogens with zero attached hydrogens (tertiary/aromatic N) is 2. The predicted octanol–water partition coefficient (Wildman–Crippen LogP) is 4.52. The highest BCUT2D eigenvalue weighted by Gasteiger charge is 2.27. The number of carbonyl (C=O) groups is 1. The minimum atomic E-state index is -0.772. The maximum atomic E-state index is 13.8. The van der Waals surface area contributed by atoms with Gasteiger partial charge in [-0.15, -0.1) is 0 Å². The van der Waals surface area contributed by atoms with Gasteiger partial charge in [0.1, 0.15) is 23.6 Å². The summed E-state index contributed by atoms with van der Waals surface area (Å²) in [7, 11) is 0. The SMILES string of the molecule is O=C(O)C1CCC(Oc2nc3nc(NCc4c(F)cccc4F)c(Cl)cc3[nH]2)CC1. The minimum Gasteiger partial charge on any atom is -0.481 e. The van der Waals surface area contributed by atoms with Crippen LogP contribution < -0.4 is 10.1 Å². The average Bonchev–Trinajstić information content (AvgIpc) is 3.08. The summed E-state index contributed by atoms with van der Waals surface area (Å²) in [5, 5.41) is 12.2. The van der Waals surface area contributed by atoms with Crippen LogP contribution in [-0.2, 0) is 11.3 Å². The summed E-state index contributed by atoms with van der Waals surface area (Å²) in [6.45, 7) is -0.128. The third-order valence-electron chi connectivity index (χ3n) is 5.20. The number of aromatic amines is 1. The van der Waals surface area contributed by atoms with Crippen LogP contribution >= 0.6 is 11.6 Å². The molecule has 30 heavy (non-hydrogen) atoms. The Balaban J connectivity index is 1.46. The molecule has 2 aromatic heterocycles. The number of rotatable bonds is 6. The third kappa shape index (κ3) is 4.30. The Labute approximate surface area is 175 Å². The van der Waals surface area contributed by atoms with Crippen LogP contribution in [0.2, 0.25) is 5.02 Å². The lowest BCUT2D eigenvalue weighted by Gasteiger charge is -2.25. The maximum Gasteiger partial charge on any atom is 0.306 e. The molecule has 1 aliphatic rings. The molecule has 0 spiro atoms. The summed E-state index contributed by atoms with van der Waals surface area (Å²) < 4.78 is 33.4. The zero-order chi connectivity index (χ0) is 21.3. The number of halogens is 3. The number of pyridine rings is 1. The first kappa shape index (κ1) is 20.3. The molecule has 1 aliphatic carbocycles. The van der Waals surface area contributed by atoms with Crippen LogP contribution in [0.4, 0.5) is 14.6 Å². The monoisotopic (exact) mass is 436 g/mol. The van der Waals surface area contributed by atoms with Crippen molar-refractivity contribution >= 4 is 34.6 Å². The number of benzene rings is 1. The molecule has 10 heteroatoms. The van der Waals surface area contributed by atoms with Crippen LogP contribution in [0.3, 0.4) is 0 Å². The molecule has 1 saturated carbocycles. The van der Waals surface area contributed by atoms with E-state index in [1.54, 1.807) is 6.07 Å². The smallest absolute Gasteiger partial charge is 0.306 e. The Kier molecular flexibility index (Phi) is 5.72. The summed E-state index contributed by atoms with van der Waals surface area (Å²) in [5.74, 6) is -2.17. The molecule has 0 aliphatic heterocycles. The number of aromatic nitrogens is 3. The molecule has 7 nitrogen and oxygen atoms in total. The highest BCUT2D eigenvalue weighted by molar-refractivity contribution is 6.33. The fourth-order valence-corrected chi connectivity index (χ4v) is 3.75. The van der Waals surface area contributed by atoms with Gasteiger partial charge < -0.3 is 20.1 Å². The summed E-state index contributed by atoms with van der Waals surface area (Å²) in [4.78, 5) is 22.7. The van der Waals surface area contributed by atoms with Gasteiger partial charge in [0.2, 0.25) is 0 Å². The Bertz CT molecular complexity index is 1060. The van der Waals surface area contributed by atoms with E-state index in [-0.39, 0.29) is 41.0 Å². The van der Waals surface area contributed by atoms with Crippen LogP contribution in [-0.4, -0.2) is 32.1 Å². The molecule has 3 aromatic rings. The van der Waals surface area contributed by atoms with Gasteiger partial charge in [-0.3, -0.25) is 4.79 Å². The quantitative estimate of drug-likeness (QED) is 0.525. The van der Waals surface area contributed by atoms with E-state index in [9.17, 15) is 13.6 Å². The van der Waals surface area contributed by atoms with Crippen LogP contribution in [0.1, 0.15) is 31.2 Å². The van der Waals surface area contributed by atoms with E-state index < -0.39 is 17.6 Å². The maximum absolute atomic E-state index is 13.8. The molecular formula is C20H19ClF2N4O3. The van der Waals surface area contributed by atoms with E-state index >= 15 is 0 Å². The fraction of sp³-hybridized carbons (Fsp3) is 0.350. The van der Waals surface area contributed by atoms with E-state index in [1.165, 1.54) is 18.2 Å². The summed E-state index contributed by atoms with van der Waals surface area (Å²) in [5.41, 5.74) is 0.778. The van der Waals surface area contributed by atoms with Gasteiger partial charge in [0.05, 0.1) is 16.5 Å². The molecule has 0 bridgehead atoms. The second-order valence-corrected chi connectivity index (χ2v) is 7.62. The molecule has 0 amide bonds. The van der Waals surface area contributed by atoms with Gasteiger partial charge >= 0.3 is 5.97 Å². The molecule has 1 aromatic carbocycles. The standard InChI is InChI=1S/C20H19ClF2N4O3/c21-13-8-16-18(26-17(13)24-9-12-14(22)2-1-3-15(12)23)27-20(25-16)30-11-6-4-10(5-7-11)19(28)29/h1-3,8,10-11H,4-7,9H2,(H,28,29)(H2,24,25,26,27).